The van der Waals surface area contributed by atoms with E-state index < -0.39 is 11.3 Å². The van der Waals surface area contributed by atoms with Crippen LogP contribution in [0, 0.1) is 22.7 Å². The third-order valence-electron chi connectivity index (χ3n) is 3.27. The molecular weight excluding hydrogens is 210 g/mol. The lowest BCUT2D eigenvalue weighted by Gasteiger charge is -2.29. The highest BCUT2D eigenvalue weighted by Crippen LogP contribution is 2.35. The molecule has 0 aromatic heterocycles. The van der Waals surface area contributed by atoms with Gasteiger partial charge >= 0.3 is 0 Å². The van der Waals surface area contributed by atoms with Gasteiger partial charge in [0, 0.05) is 11.0 Å². The van der Waals surface area contributed by atoms with Crippen molar-refractivity contribution in [2.75, 3.05) is 0 Å². The molecule has 88 valence electrons. The van der Waals surface area contributed by atoms with Crippen molar-refractivity contribution >= 4 is 5.78 Å². The van der Waals surface area contributed by atoms with Crippen LogP contribution in [-0.2, 0) is 0 Å². The van der Waals surface area contributed by atoms with Gasteiger partial charge in [0.25, 0.3) is 0 Å². The molecule has 0 spiro atoms. The molecule has 1 atom stereocenters. The molecule has 0 heterocycles. The summed E-state index contributed by atoms with van der Waals surface area (Å²) >= 11 is 0. The smallest absolute Gasteiger partial charge is 0.180 e. The second-order valence-electron chi connectivity index (χ2n) is 4.79. The van der Waals surface area contributed by atoms with Gasteiger partial charge in [0.1, 0.15) is 5.92 Å². The maximum atomic E-state index is 12.3. The van der Waals surface area contributed by atoms with E-state index in [4.69, 9.17) is 0 Å². The topological polar surface area (TPSA) is 40.9 Å². The van der Waals surface area contributed by atoms with Gasteiger partial charge in [0.15, 0.2) is 5.78 Å². The van der Waals surface area contributed by atoms with E-state index in [-0.39, 0.29) is 5.78 Å². The van der Waals surface area contributed by atoms with E-state index in [2.05, 4.69) is 12.6 Å². The van der Waals surface area contributed by atoms with Crippen molar-refractivity contribution in [2.45, 2.75) is 20.8 Å². The van der Waals surface area contributed by atoms with Crippen LogP contribution in [-0.4, -0.2) is 5.78 Å². The number of benzene rings is 1. The fourth-order valence-corrected chi connectivity index (χ4v) is 1.56. The fourth-order valence-electron chi connectivity index (χ4n) is 1.56. The van der Waals surface area contributed by atoms with Crippen molar-refractivity contribution < 1.29 is 4.79 Å². The zero-order chi connectivity index (χ0) is 13.1. The first-order valence-electron chi connectivity index (χ1n) is 5.56. The predicted molar refractivity (Wildman–Crippen MR) is 68.5 cm³/mol. The highest BCUT2D eigenvalue weighted by atomic mass is 16.1. The largest absolute Gasteiger partial charge is 0.293 e. The molecule has 0 N–H and O–H groups in total. The van der Waals surface area contributed by atoms with Gasteiger partial charge in [-0.3, -0.25) is 4.79 Å². The Hall–Kier alpha value is -1.88. The van der Waals surface area contributed by atoms with E-state index in [1.807, 2.05) is 26.8 Å². The van der Waals surface area contributed by atoms with Gasteiger partial charge in [-0.25, -0.2) is 0 Å². The first kappa shape index (κ1) is 13.2. The number of Topliss-reactive ketones (excluding diaryl/α,β-unsaturated/α-hetero) is 1. The number of carbonyl (C=O) groups is 1. The molecule has 1 aromatic rings. The predicted octanol–water partition coefficient (Wildman–Crippen LogP) is 3.61. The van der Waals surface area contributed by atoms with E-state index in [9.17, 15) is 10.1 Å². The third kappa shape index (κ3) is 2.62. The summed E-state index contributed by atoms with van der Waals surface area (Å²) in [7, 11) is 0. The summed E-state index contributed by atoms with van der Waals surface area (Å²) in [5, 5.41) is 9.23. The molecule has 0 aliphatic rings. The molecule has 1 aromatic carbocycles. The summed E-state index contributed by atoms with van der Waals surface area (Å²) in [6.07, 6.45) is 0. The molecular formula is C15H17NO. The molecule has 17 heavy (non-hydrogen) atoms. The minimum absolute atomic E-state index is 0.138. The summed E-state index contributed by atoms with van der Waals surface area (Å²) in [5.74, 6) is -0.830. The average Bonchev–Trinajstić information content (AvgIpc) is 2.30. The van der Waals surface area contributed by atoms with E-state index in [1.54, 1.807) is 24.3 Å². The average molecular weight is 227 g/mol. The van der Waals surface area contributed by atoms with Gasteiger partial charge < -0.3 is 0 Å². The molecule has 1 rings (SSSR count). The number of hydrogen-bond acceptors (Lipinski definition) is 2. The Balaban J connectivity index is 3.10. The number of ketones is 1. The Labute approximate surface area is 103 Å². The van der Waals surface area contributed by atoms with Gasteiger partial charge in [-0.1, -0.05) is 56.3 Å². The number of carbonyl (C=O) groups excluding carboxylic acids is 1. The molecule has 0 radical (unpaired) electrons. The number of nitrogens with zero attached hydrogens (tertiary/aromatic N) is 1. The first-order chi connectivity index (χ1) is 7.91. The van der Waals surface area contributed by atoms with Gasteiger partial charge in [-0.05, 0) is 6.92 Å². The molecule has 0 bridgehead atoms. The number of hydrogen-bond donors (Lipinski definition) is 0. The normalized spacial score (nSPS) is 12.6. The van der Waals surface area contributed by atoms with Crippen LogP contribution in [0.3, 0.4) is 0 Å². The minimum atomic E-state index is -0.692. The van der Waals surface area contributed by atoms with Gasteiger partial charge in [-0.15, -0.1) is 0 Å². The monoisotopic (exact) mass is 227 g/mol. The van der Waals surface area contributed by atoms with Crippen LogP contribution in [0.2, 0.25) is 0 Å². The van der Waals surface area contributed by atoms with Crippen molar-refractivity contribution in [3.63, 3.8) is 0 Å². The van der Waals surface area contributed by atoms with Crippen molar-refractivity contribution in [2.24, 2.45) is 11.3 Å². The second-order valence-corrected chi connectivity index (χ2v) is 4.79. The minimum Gasteiger partial charge on any atom is -0.293 e. The molecule has 2 nitrogen and oxygen atoms in total. The van der Waals surface area contributed by atoms with Crippen molar-refractivity contribution in [3.05, 3.63) is 48.0 Å². The molecule has 2 heteroatoms. The summed E-state index contributed by atoms with van der Waals surface area (Å²) in [6, 6.07) is 11.0. The number of allylic oxidation sites excluding steroid dienone is 1. The Morgan fingerprint density at radius 2 is 1.88 bits per heavy atom. The zero-order valence-corrected chi connectivity index (χ0v) is 10.5. The maximum Gasteiger partial charge on any atom is 0.180 e. The van der Waals surface area contributed by atoms with Crippen LogP contribution in [0.15, 0.2) is 42.5 Å². The molecule has 0 aliphatic carbocycles. The summed E-state index contributed by atoms with van der Waals surface area (Å²) in [6.45, 7) is 9.48. The number of rotatable bonds is 4. The quantitative estimate of drug-likeness (QED) is 0.582. The van der Waals surface area contributed by atoms with Gasteiger partial charge in [0.2, 0.25) is 0 Å². The van der Waals surface area contributed by atoms with Crippen LogP contribution in [0.5, 0.6) is 0 Å². The molecule has 0 saturated heterocycles. The third-order valence-corrected chi connectivity index (χ3v) is 3.27. The fraction of sp³-hybridized carbons (Fsp3) is 0.333. The summed E-state index contributed by atoms with van der Waals surface area (Å²) < 4.78 is 0. The van der Waals surface area contributed by atoms with Gasteiger partial charge in [-0.2, -0.15) is 5.26 Å². The van der Waals surface area contributed by atoms with Crippen molar-refractivity contribution in [1.82, 2.24) is 0 Å². The van der Waals surface area contributed by atoms with Crippen LogP contribution in [0.25, 0.3) is 0 Å². The van der Waals surface area contributed by atoms with Crippen LogP contribution in [0.1, 0.15) is 31.1 Å². The second kappa shape index (κ2) is 4.97. The summed E-state index contributed by atoms with van der Waals surface area (Å²) in [4.78, 5) is 12.3. The Kier molecular flexibility index (Phi) is 3.85. The van der Waals surface area contributed by atoms with E-state index >= 15 is 0 Å². The lowest BCUT2D eigenvalue weighted by atomic mass is 9.71. The zero-order valence-electron chi connectivity index (χ0n) is 10.5. The maximum absolute atomic E-state index is 12.3. The van der Waals surface area contributed by atoms with Crippen molar-refractivity contribution in [1.29, 1.82) is 5.26 Å². The lowest BCUT2D eigenvalue weighted by molar-refractivity contribution is 0.0888. The molecule has 0 saturated carbocycles. The Bertz CT molecular complexity index is 465. The standard InChI is InChI=1S/C15H17NO/c1-11(2)15(3,4)13(10-16)14(17)12-8-6-5-7-9-12/h5-9,13H,1H2,2-4H3. The lowest BCUT2D eigenvalue weighted by Crippen LogP contribution is -2.30. The van der Waals surface area contributed by atoms with Crippen molar-refractivity contribution in [3.8, 4) is 6.07 Å². The SMILES string of the molecule is C=C(C)C(C)(C)C(C#N)C(=O)c1ccccc1. The van der Waals surface area contributed by atoms with E-state index in [0.717, 1.165) is 5.57 Å². The Morgan fingerprint density at radius 3 is 2.29 bits per heavy atom. The van der Waals surface area contributed by atoms with Crippen LogP contribution in [0.4, 0.5) is 0 Å². The van der Waals surface area contributed by atoms with Crippen LogP contribution >= 0.6 is 0 Å². The van der Waals surface area contributed by atoms with Crippen LogP contribution < -0.4 is 0 Å². The highest BCUT2D eigenvalue weighted by molar-refractivity contribution is 6.00. The van der Waals surface area contributed by atoms with E-state index in [1.165, 1.54) is 0 Å². The van der Waals surface area contributed by atoms with Gasteiger partial charge in [0.05, 0.1) is 6.07 Å². The molecule has 0 aliphatic heterocycles. The Morgan fingerprint density at radius 1 is 1.35 bits per heavy atom. The van der Waals surface area contributed by atoms with E-state index in [0.29, 0.717) is 5.56 Å². The summed E-state index contributed by atoms with van der Waals surface area (Å²) in [5.41, 5.74) is 0.906. The first-order valence-corrected chi connectivity index (χ1v) is 5.56. The molecule has 0 amide bonds. The highest BCUT2D eigenvalue weighted by Gasteiger charge is 2.36. The molecule has 0 fully saturated rings. The number of nitriles is 1. The molecule has 1 unspecified atom stereocenters.